The molecule has 1 aliphatic rings. The third-order valence-electron chi connectivity index (χ3n) is 2.59. The molecule has 0 saturated heterocycles. The van der Waals surface area contributed by atoms with Gasteiger partial charge < -0.3 is 5.11 Å². The van der Waals surface area contributed by atoms with Crippen LogP contribution in [-0.2, 0) is 12.8 Å². The Morgan fingerprint density at radius 3 is 2.81 bits per heavy atom. The lowest BCUT2D eigenvalue weighted by molar-refractivity contribution is -0.134. The SMILES string of the molecule is OC1CCCc2sc(CCC(F)(F)F)nc21. The van der Waals surface area contributed by atoms with E-state index in [2.05, 4.69) is 4.98 Å². The summed E-state index contributed by atoms with van der Waals surface area (Å²) in [4.78, 5) is 5.06. The van der Waals surface area contributed by atoms with Crippen LogP contribution in [0.25, 0.3) is 0 Å². The Kier molecular flexibility index (Phi) is 3.21. The van der Waals surface area contributed by atoms with Crippen molar-refractivity contribution in [1.29, 1.82) is 0 Å². The van der Waals surface area contributed by atoms with Crippen molar-refractivity contribution < 1.29 is 18.3 Å². The number of thiazole rings is 1. The highest BCUT2D eigenvalue weighted by Crippen LogP contribution is 2.34. The molecule has 0 bridgehead atoms. The number of hydrogen-bond donors (Lipinski definition) is 1. The Bertz CT molecular complexity index is 375. The summed E-state index contributed by atoms with van der Waals surface area (Å²) in [6.07, 6.45) is -3.26. The minimum Gasteiger partial charge on any atom is -0.387 e. The van der Waals surface area contributed by atoms with Crippen LogP contribution in [-0.4, -0.2) is 16.3 Å². The van der Waals surface area contributed by atoms with E-state index < -0.39 is 18.7 Å². The molecule has 2 rings (SSSR count). The Labute approximate surface area is 95.1 Å². The molecule has 6 heteroatoms. The summed E-state index contributed by atoms with van der Waals surface area (Å²) in [7, 11) is 0. The number of nitrogens with zero attached hydrogens (tertiary/aromatic N) is 1. The molecular formula is C10H12F3NOS. The Balaban J connectivity index is 2.07. The number of hydrogen-bond acceptors (Lipinski definition) is 3. The number of alkyl halides is 3. The molecule has 1 aliphatic carbocycles. The van der Waals surface area contributed by atoms with Gasteiger partial charge in [-0.25, -0.2) is 4.98 Å². The molecule has 1 aromatic heterocycles. The summed E-state index contributed by atoms with van der Waals surface area (Å²) >= 11 is 1.31. The second-order valence-electron chi connectivity index (χ2n) is 3.94. The van der Waals surface area contributed by atoms with Gasteiger partial charge in [-0.05, 0) is 19.3 Å². The van der Waals surface area contributed by atoms with Gasteiger partial charge in [-0.2, -0.15) is 13.2 Å². The van der Waals surface area contributed by atoms with Crippen LogP contribution in [0.2, 0.25) is 0 Å². The first-order valence-electron chi connectivity index (χ1n) is 5.19. The fourth-order valence-electron chi connectivity index (χ4n) is 1.80. The molecule has 1 aromatic rings. The smallest absolute Gasteiger partial charge is 0.387 e. The maximum Gasteiger partial charge on any atom is 0.389 e. The van der Waals surface area contributed by atoms with Crippen molar-refractivity contribution in [2.45, 2.75) is 44.4 Å². The van der Waals surface area contributed by atoms with Gasteiger partial charge in [0.05, 0.1) is 16.8 Å². The number of aliphatic hydroxyl groups is 1. The summed E-state index contributed by atoms with van der Waals surface area (Å²) in [5, 5.41) is 10.1. The molecule has 1 heterocycles. The lowest BCUT2D eigenvalue weighted by Crippen LogP contribution is -2.09. The van der Waals surface area contributed by atoms with E-state index in [9.17, 15) is 18.3 Å². The highest BCUT2D eigenvalue weighted by Gasteiger charge is 2.28. The Hall–Kier alpha value is -0.620. The van der Waals surface area contributed by atoms with Gasteiger partial charge >= 0.3 is 6.18 Å². The molecule has 0 radical (unpaired) electrons. The van der Waals surface area contributed by atoms with Gasteiger partial charge in [-0.3, -0.25) is 0 Å². The van der Waals surface area contributed by atoms with Crippen molar-refractivity contribution in [3.8, 4) is 0 Å². The van der Waals surface area contributed by atoms with E-state index in [1.54, 1.807) is 0 Å². The van der Waals surface area contributed by atoms with E-state index in [-0.39, 0.29) is 6.42 Å². The second kappa shape index (κ2) is 4.33. The van der Waals surface area contributed by atoms with E-state index in [0.29, 0.717) is 17.1 Å². The van der Waals surface area contributed by atoms with Crippen LogP contribution in [0, 0.1) is 0 Å². The number of aryl methyl sites for hydroxylation is 2. The molecule has 0 saturated carbocycles. The van der Waals surface area contributed by atoms with Gasteiger partial charge in [-0.15, -0.1) is 11.3 Å². The van der Waals surface area contributed by atoms with Crippen LogP contribution >= 0.6 is 11.3 Å². The first-order valence-corrected chi connectivity index (χ1v) is 6.00. The van der Waals surface area contributed by atoms with Crippen molar-refractivity contribution in [1.82, 2.24) is 4.98 Å². The van der Waals surface area contributed by atoms with Crippen LogP contribution < -0.4 is 0 Å². The predicted octanol–water partition coefficient (Wildman–Crippen LogP) is 3.01. The number of rotatable bonds is 2. The molecule has 0 aromatic carbocycles. The van der Waals surface area contributed by atoms with Crippen molar-refractivity contribution in [3.63, 3.8) is 0 Å². The van der Waals surface area contributed by atoms with E-state index in [1.807, 2.05) is 0 Å². The molecule has 1 unspecified atom stereocenters. The van der Waals surface area contributed by atoms with E-state index in [4.69, 9.17) is 0 Å². The number of aromatic nitrogens is 1. The van der Waals surface area contributed by atoms with Gasteiger partial charge in [0, 0.05) is 17.7 Å². The van der Waals surface area contributed by atoms with Crippen molar-refractivity contribution in [2.75, 3.05) is 0 Å². The molecule has 90 valence electrons. The van der Waals surface area contributed by atoms with Gasteiger partial charge in [0.1, 0.15) is 0 Å². The van der Waals surface area contributed by atoms with Crippen LogP contribution in [0.15, 0.2) is 0 Å². The van der Waals surface area contributed by atoms with Crippen molar-refractivity contribution in [2.24, 2.45) is 0 Å². The zero-order chi connectivity index (χ0) is 11.8. The minimum absolute atomic E-state index is 0.0755. The average molecular weight is 251 g/mol. The zero-order valence-electron chi connectivity index (χ0n) is 8.55. The largest absolute Gasteiger partial charge is 0.389 e. The molecule has 0 spiro atoms. The predicted molar refractivity (Wildman–Crippen MR) is 54.4 cm³/mol. The topological polar surface area (TPSA) is 33.1 Å². The van der Waals surface area contributed by atoms with Crippen LogP contribution in [0.5, 0.6) is 0 Å². The van der Waals surface area contributed by atoms with Gasteiger partial charge in [0.25, 0.3) is 0 Å². The average Bonchev–Trinajstić information content (AvgIpc) is 2.58. The van der Waals surface area contributed by atoms with Gasteiger partial charge in [-0.1, -0.05) is 0 Å². The number of fused-ring (bicyclic) bond motifs is 1. The van der Waals surface area contributed by atoms with Crippen LogP contribution in [0.4, 0.5) is 13.2 Å². The van der Waals surface area contributed by atoms with E-state index in [0.717, 1.165) is 17.7 Å². The molecular weight excluding hydrogens is 239 g/mol. The summed E-state index contributed by atoms with van der Waals surface area (Å²) in [5.41, 5.74) is 0.605. The molecule has 0 amide bonds. The quantitative estimate of drug-likeness (QED) is 0.876. The van der Waals surface area contributed by atoms with E-state index in [1.165, 1.54) is 11.3 Å². The molecule has 0 aliphatic heterocycles. The summed E-state index contributed by atoms with van der Waals surface area (Å²) < 4.78 is 36.1. The maximum absolute atomic E-state index is 12.0. The molecule has 2 nitrogen and oxygen atoms in total. The zero-order valence-corrected chi connectivity index (χ0v) is 9.37. The summed E-state index contributed by atoms with van der Waals surface area (Å²) in [6, 6.07) is 0. The maximum atomic E-state index is 12.0. The minimum atomic E-state index is -4.13. The molecule has 0 fully saturated rings. The van der Waals surface area contributed by atoms with Crippen molar-refractivity contribution in [3.05, 3.63) is 15.6 Å². The first-order chi connectivity index (χ1) is 7.46. The monoisotopic (exact) mass is 251 g/mol. The standard InChI is InChI=1S/C10H12F3NOS/c11-10(12,13)5-4-8-14-9-6(15)2-1-3-7(9)16-8/h6,15H,1-5H2. The van der Waals surface area contributed by atoms with Crippen LogP contribution in [0.3, 0.4) is 0 Å². The fraction of sp³-hybridized carbons (Fsp3) is 0.700. The summed E-state index contributed by atoms with van der Waals surface area (Å²) in [6.45, 7) is 0. The lowest BCUT2D eigenvalue weighted by Gasteiger charge is -2.14. The lowest BCUT2D eigenvalue weighted by atomic mass is 10.0. The third kappa shape index (κ3) is 2.74. The Morgan fingerprint density at radius 1 is 1.44 bits per heavy atom. The number of aliphatic hydroxyl groups excluding tert-OH is 1. The van der Waals surface area contributed by atoms with Crippen LogP contribution in [0.1, 0.15) is 40.9 Å². The fourth-order valence-corrected chi connectivity index (χ4v) is 2.97. The second-order valence-corrected chi connectivity index (χ2v) is 5.11. The highest BCUT2D eigenvalue weighted by molar-refractivity contribution is 7.11. The Morgan fingerprint density at radius 2 is 2.19 bits per heavy atom. The number of halogens is 3. The van der Waals surface area contributed by atoms with Crippen molar-refractivity contribution >= 4 is 11.3 Å². The van der Waals surface area contributed by atoms with E-state index >= 15 is 0 Å². The highest BCUT2D eigenvalue weighted by atomic mass is 32.1. The third-order valence-corrected chi connectivity index (χ3v) is 3.78. The molecule has 16 heavy (non-hydrogen) atoms. The first kappa shape index (κ1) is 11.9. The van der Waals surface area contributed by atoms with Gasteiger partial charge in [0.15, 0.2) is 0 Å². The normalized spacial score (nSPS) is 20.9. The summed E-state index contributed by atoms with van der Waals surface area (Å²) in [5.74, 6) is 0. The molecule has 1 N–H and O–H groups in total. The molecule has 1 atom stereocenters. The van der Waals surface area contributed by atoms with Gasteiger partial charge in [0.2, 0.25) is 0 Å².